The molecule has 4 aromatic heterocycles. The third-order valence-corrected chi connectivity index (χ3v) is 11.4. The highest BCUT2D eigenvalue weighted by Crippen LogP contribution is 2.37. The third-order valence-electron chi connectivity index (χ3n) is 11.4. The number of pyridine rings is 1. The predicted octanol–water partition coefficient (Wildman–Crippen LogP) is 12.6. The molecule has 0 N–H and O–H groups in total. The Bertz CT molecular complexity index is 3360. The third kappa shape index (κ3) is 5.40. The van der Waals surface area contributed by atoms with Crippen LogP contribution in [0.5, 0.6) is 11.5 Å². The summed E-state index contributed by atoms with van der Waals surface area (Å²) in [7, 11) is 0. The Morgan fingerprint density at radius 3 is 1.95 bits per heavy atom. The molecule has 0 saturated carbocycles. The van der Waals surface area contributed by atoms with E-state index in [1.165, 1.54) is 27.2 Å². The van der Waals surface area contributed by atoms with Crippen molar-refractivity contribution in [1.82, 2.24) is 18.7 Å². The van der Waals surface area contributed by atoms with Crippen LogP contribution >= 0.6 is 0 Å². The number of fused-ring (bicyclic) bond motifs is 7. The second kappa shape index (κ2) is 13.1. The summed E-state index contributed by atoms with van der Waals surface area (Å²) in [5, 5.41) is 4.78. The van der Waals surface area contributed by atoms with Gasteiger partial charge in [0.25, 0.3) is 6.33 Å². The second-order valence-corrected chi connectivity index (χ2v) is 16.0. The first-order valence-electron chi connectivity index (χ1n) is 19.8. The maximum atomic E-state index is 6.72. The van der Waals surface area contributed by atoms with Gasteiger partial charge in [0.2, 0.25) is 0 Å². The first-order chi connectivity index (χ1) is 28.4. The van der Waals surface area contributed by atoms with Gasteiger partial charge in [0.15, 0.2) is 16.7 Å². The van der Waals surface area contributed by atoms with E-state index in [1.807, 2.05) is 12.3 Å². The molecule has 4 heterocycles. The quantitative estimate of drug-likeness (QED) is 0.159. The van der Waals surface area contributed by atoms with Gasteiger partial charge in [0, 0.05) is 45.6 Å². The van der Waals surface area contributed by atoms with Crippen LogP contribution in [0.4, 0.5) is 0 Å². The van der Waals surface area contributed by atoms with Crippen LogP contribution in [0.2, 0.25) is 0 Å². The van der Waals surface area contributed by atoms with Gasteiger partial charge in [-0.15, -0.1) is 0 Å². The molecule has 0 fully saturated rings. The Hall–Kier alpha value is -7.44. The zero-order chi connectivity index (χ0) is 39.0. The molecule has 11 rings (SSSR count). The van der Waals surface area contributed by atoms with Crippen molar-refractivity contribution in [2.75, 3.05) is 0 Å². The summed E-state index contributed by atoms with van der Waals surface area (Å²) < 4.78 is 15.9. The molecule has 6 nitrogen and oxygen atoms in total. The molecule has 7 aromatic carbocycles. The van der Waals surface area contributed by atoms with Crippen molar-refractivity contribution in [2.24, 2.45) is 0 Å². The number of hydrogen-bond acceptors (Lipinski definition) is 2. The van der Waals surface area contributed by atoms with Gasteiger partial charge in [-0.3, -0.25) is 4.57 Å². The molecule has 0 spiro atoms. The monoisotopic (exact) mass is 750 g/mol. The van der Waals surface area contributed by atoms with Crippen molar-refractivity contribution in [3.8, 4) is 34.4 Å². The van der Waals surface area contributed by atoms with Gasteiger partial charge >= 0.3 is 0 Å². The highest BCUT2D eigenvalue weighted by Gasteiger charge is 2.24. The molecule has 0 atom stereocenters. The van der Waals surface area contributed by atoms with E-state index >= 15 is 0 Å². The fourth-order valence-electron chi connectivity index (χ4n) is 8.65. The zero-order valence-electron chi connectivity index (χ0n) is 32.5. The average molecular weight is 751 g/mol. The molecule has 58 heavy (non-hydrogen) atoms. The van der Waals surface area contributed by atoms with Gasteiger partial charge < -0.3 is 9.30 Å². The van der Waals surface area contributed by atoms with Crippen LogP contribution in [-0.4, -0.2) is 18.7 Å². The van der Waals surface area contributed by atoms with E-state index < -0.39 is 0 Å². The second-order valence-electron chi connectivity index (χ2n) is 16.0. The lowest BCUT2D eigenvalue weighted by molar-refractivity contribution is -0.566. The summed E-state index contributed by atoms with van der Waals surface area (Å²) in [4.78, 5) is 4.87. The van der Waals surface area contributed by atoms with E-state index in [4.69, 9.17) is 9.72 Å². The predicted molar refractivity (Wildman–Crippen MR) is 236 cm³/mol. The molecule has 0 amide bonds. The summed E-state index contributed by atoms with van der Waals surface area (Å²) >= 11 is 0. The Morgan fingerprint density at radius 1 is 0.500 bits per heavy atom. The van der Waals surface area contributed by atoms with E-state index in [9.17, 15) is 0 Å². The Labute approximate surface area is 336 Å². The van der Waals surface area contributed by atoms with Gasteiger partial charge in [-0.1, -0.05) is 106 Å². The fourth-order valence-corrected chi connectivity index (χ4v) is 8.65. The lowest BCUT2D eigenvalue weighted by Gasteiger charge is -2.20. The highest BCUT2D eigenvalue weighted by atomic mass is 16.5. The standard InChI is InChI=1S/C52H40N5O/c1-52(2,3)35-29-30-53-50(31-35)57-45-23-10-7-19-40(45)42-28-27-39(33-49(42)57)58-38-18-13-17-37(32-38)54-34-55(47-25-12-11-24-46(47)54)48-26-14-21-43-41-20-8-9-22-44(41)56(51(43)48)36-15-5-4-6-16-36/h4-34H,1-3H3/q+1. The average Bonchev–Trinajstić information content (AvgIpc) is 3.92. The minimum atomic E-state index is -0.00442. The summed E-state index contributed by atoms with van der Waals surface area (Å²) in [6.07, 6.45) is 4.12. The molecular formula is C52H40N5O+. The van der Waals surface area contributed by atoms with E-state index in [0.717, 1.165) is 67.3 Å². The minimum Gasteiger partial charge on any atom is -0.457 e. The van der Waals surface area contributed by atoms with Crippen LogP contribution in [0, 0.1) is 0 Å². The lowest BCUT2D eigenvalue weighted by atomic mass is 9.88. The van der Waals surface area contributed by atoms with Gasteiger partial charge in [0.05, 0.1) is 16.6 Å². The van der Waals surface area contributed by atoms with Crippen molar-refractivity contribution in [3.05, 3.63) is 194 Å². The molecule has 0 saturated heterocycles. The van der Waals surface area contributed by atoms with Crippen LogP contribution in [-0.2, 0) is 5.41 Å². The largest absolute Gasteiger partial charge is 0.457 e. The van der Waals surface area contributed by atoms with Crippen molar-refractivity contribution in [2.45, 2.75) is 26.2 Å². The number of hydrogen-bond donors (Lipinski definition) is 0. The normalized spacial score (nSPS) is 12.1. The maximum absolute atomic E-state index is 6.72. The Balaban J connectivity index is 1.03. The van der Waals surface area contributed by atoms with Crippen molar-refractivity contribution < 1.29 is 9.30 Å². The van der Waals surface area contributed by atoms with Gasteiger partial charge in [-0.05, 0) is 89.8 Å². The van der Waals surface area contributed by atoms with E-state index in [-0.39, 0.29) is 5.41 Å². The number of benzene rings is 7. The molecule has 0 aliphatic heterocycles. The summed E-state index contributed by atoms with van der Waals surface area (Å²) in [6, 6.07) is 62.1. The number of para-hydroxylation sites is 6. The van der Waals surface area contributed by atoms with Crippen molar-refractivity contribution >= 4 is 54.6 Å². The van der Waals surface area contributed by atoms with Crippen LogP contribution in [0.3, 0.4) is 0 Å². The molecule has 0 bridgehead atoms. The summed E-state index contributed by atoms with van der Waals surface area (Å²) in [5.41, 5.74) is 11.2. The first-order valence-corrected chi connectivity index (χ1v) is 19.8. The molecule has 0 aliphatic rings. The number of aromatic nitrogens is 5. The molecule has 0 unspecified atom stereocenters. The topological polar surface area (TPSA) is 40.8 Å². The fraction of sp³-hybridized carbons (Fsp3) is 0.0769. The first kappa shape index (κ1) is 33.9. The molecule has 6 heteroatoms. The number of rotatable bonds is 6. The molecule has 11 aromatic rings. The molecule has 0 radical (unpaired) electrons. The minimum absolute atomic E-state index is 0.00442. The van der Waals surface area contributed by atoms with Crippen LogP contribution in [0.25, 0.3) is 77.5 Å². The smallest absolute Gasteiger partial charge is 0.255 e. The molecule has 278 valence electrons. The summed E-state index contributed by atoms with van der Waals surface area (Å²) in [6.45, 7) is 6.71. The van der Waals surface area contributed by atoms with Crippen LogP contribution in [0.1, 0.15) is 26.3 Å². The number of ether oxygens (including phenoxy) is 1. The number of imidazole rings is 1. The molecule has 0 aliphatic carbocycles. The lowest BCUT2D eigenvalue weighted by Crippen LogP contribution is -2.29. The maximum Gasteiger partial charge on any atom is 0.255 e. The van der Waals surface area contributed by atoms with Crippen molar-refractivity contribution in [3.63, 3.8) is 0 Å². The SMILES string of the molecule is CC(C)(C)c1ccnc(-n2c3ccccc3c3ccc(Oc4cccc(-n5c[n+](-c6cccc7c8ccccc8n(-c8ccccc8)c67)c6ccccc65)c4)cc32)c1. The zero-order valence-corrected chi connectivity index (χ0v) is 32.5. The molecular weight excluding hydrogens is 711 g/mol. The van der Waals surface area contributed by atoms with Gasteiger partial charge in [-0.2, -0.15) is 9.13 Å². The summed E-state index contributed by atoms with van der Waals surface area (Å²) in [5.74, 6) is 2.40. The van der Waals surface area contributed by atoms with Gasteiger partial charge in [-0.25, -0.2) is 4.98 Å². The van der Waals surface area contributed by atoms with Crippen molar-refractivity contribution in [1.29, 1.82) is 0 Å². The van der Waals surface area contributed by atoms with Crippen LogP contribution in [0.15, 0.2) is 188 Å². The van der Waals surface area contributed by atoms with Gasteiger partial charge in [0.1, 0.15) is 28.5 Å². The van der Waals surface area contributed by atoms with Crippen LogP contribution < -0.4 is 9.30 Å². The van der Waals surface area contributed by atoms with E-state index in [0.29, 0.717) is 0 Å². The Morgan fingerprint density at radius 2 is 1.14 bits per heavy atom. The van der Waals surface area contributed by atoms with E-state index in [2.05, 4.69) is 215 Å². The van der Waals surface area contributed by atoms with E-state index in [1.54, 1.807) is 0 Å². The Kier molecular flexibility index (Phi) is 7.63. The number of nitrogens with zero attached hydrogens (tertiary/aromatic N) is 5. The highest BCUT2D eigenvalue weighted by molar-refractivity contribution is 6.11.